The second kappa shape index (κ2) is 3.66. The molecule has 1 fully saturated rings. The lowest BCUT2D eigenvalue weighted by Crippen LogP contribution is -2.37. The predicted octanol–water partition coefficient (Wildman–Crippen LogP) is 1.11. The van der Waals surface area contributed by atoms with Gasteiger partial charge in [-0.1, -0.05) is 0 Å². The van der Waals surface area contributed by atoms with Crippen LogP contribution in [0.3, 0.4) is 0 Å². The molecule has 0 aromatic rings. The normalized spacial score (nSPS) is 28.3. The van der Waals surface area contributed by atoms with Crippen molar-refractivity contribution in [1.29, 1.82) is 0 Å². The lowest BCUT2D eigenvalue weighted by atomic mass is 9.98. The van der Waals surface area contributed by atoms with E-state index in [9.17, 15) is 9.90 Å². The third kappa shape index (κ3) is 2.38. The van der Waals surface area contributed by atoms with Gasteiger partial charge in [0.1, 0.15) is 0 Å². The van der Waals surface area contributed by atoms with E-state index in [4.69, 9.17) is 5.11 Å². The van der Waals surface area contributed by atoms with Gasteiger partial charge >= 0.3 is 5.97 Å². The summed E-state index contributed by atoms with van der Waals surface area (Å²) in [6.45, 7) is 1.37. The topological polar surface area (TPSA) is 57.5 Å². The number of carbonyl (C=O) groups is 1. The zero-order valence-electron chi connectivity index (χ0n) is 7.12. The Morgan fingerprint density at radius 3 is 2.83 bits per heavy atom. The van der Waals surface area contributed by atoms with E-state index in [-0.39, 0.29) is 0 Å². The first kappa shape index (κ1) is 9.86. The van der Waals surface area contributed by atoms with Crippen LogP contribution < -0.4 is 0 Å². The summed E-state index contributed by atoms with van der Waals surface area (Å²) in [7, 11) is 0. The molecule has 0 amide bonds. The Balaban J connectivity index is 2.42. The van der Waals surface area contributed by atoms with Crippen LogP contribution in [-0.2, 0) is 4.79 Å². The molecule has 1 heterocycles. The lowest BCUT2D eigenvalue weighted by molar-refractivity contribution is -0.157. The van der Waals surface area contributed by atoms with Gasteiger partial charge in [0, 0.05) is 5.25 Å². The number of aliphatic hydroxyl groups is 1. The number of thioether (sulfide) groups is 1. The highest BCUT2D eigenvalue weighted by atomic mass is 32.2. The summed E-state index contributed by atoms with van der Waals surface area (Å²) in [4.78, 5) is 10.5. The smallest absolute Gasteiger partial charge is 0.335 e. The van der Waals surface area contributed by atoms with Gasteiger partial charge in [-0.05, 0) is 31.9 Å². The summed E-state index contributed by atoms with van der Waals surface area (Å²) in [5.74, 6) is -0.0182. The first-order chi connectivity index (χ1) is 5.52. The molecule has 1 saturated heterocycles. The Kier molecular flexibility index (Phi) is 3.01. The fraction of sp³-hybridized carbons (Fsp3) is 0.875. The van der Waals surface area contributed by atoms with E-state index in [2.05, 4.69) is 0 Å². The van der Waals surface area contributed by atoms with Gasteiger partial charge in [0.05, 0.1) is 0 Å². The average Bonchev–Trinajstić information content (AvgIpc) is 2.38. The van der Waals surface area contributed by atoms with Gasteiger partial charge in [0.25, 0.3) is 0 Å². The van der Waals surface area contributed by atoms with E-state index in [1.807, 2.05) is 0 Å². The molecule has 0 radical (unpaired) electrons. The van der Waals surface area contributed by atoms with Gasteiger partial charge in [0.15, 0.2) is 5.60 Å². The third-order valence-electron chi connectivity index (χ3n) is 2.11. The van der Waals surface area contributed by atoms with Gasteiger partial charge < -0.3 is 10.2 Å². The fourth-order valence-corrected chi connectivity index (χ4v) is 2.78. The number of hydrogen-bond acceptors (Lipinski definition) is 3. The number of carboxylic acids is 1. The number of hydrogen-bond donors (Lipinski definition) is 2. The maximum atomic E-state index is 10.5. The van der Waals surface area contributed by atoms with Gasteiger partial charge in [-0.3, -0.25) is 0 Å². The SMILES string of the molecule is CC(O)(CC1CCCS1)C(=O)O. The Morgan fingerprint density at radius 1 is 1.75 bits per heavy atom. The first-order valence-corrected chi connectivity index (χ1v) is 5.14. The van der Waals surface area contributed by atoms with E-state index >= 15 is 0 Å². The molecule has 70 valence electrons. The van der Waals surface area contributed by atoms with Crippen LogP contribution in [0.5, 0.6) is 0 Å². The highest BCUT2D eigenvalue weighted by Crippen LogP contribution is 2.32. The molecule has 0 aromatic carbocycles. The molecule has 0 bridgehead atoms. The number of aliphatic carboxylic acids is 1. The Labute approximate surface area is 76.2 Å². The van der Waals surface area contributed by atoms with Crippen LogP contribution in [0.2, 0.25) is 0 Å². The molecule has 4 heteroatoms. The minimum atomic E-state index is -1.54. The van der Waals surface area contributed by atoms with Gasteiger partial charge in [-0.25, -0.2) is 4.79 Å². The van der Waals surface area contributed by atoms with Gasteiger partial charge in [-0.2, -0.15) is 11.8 Å². The summed E-state index contributed by atoms with van der Waals surface area (Å²) >= 11 is 1.76. The average molecular weight is 190 g/mol. The van der Waals surface area contributed by atoms with Crippen LogP contribution in [0.15, 0.2) is 0 Å². The minimum Gasteiger partial charge on any atom is -0.479 e. The van der Waals surface area contributed by atoms with Crippen molar-refractivity contribution in [2.45, 2.75) is 37.0 Å². The van der Waals surface area contributed by atoms with E-state index in [0.29, 0.717) is 11.7 Å². The highest BCUT2D eigenvalue weighted by molar-refractivity contribution is 8.00. The van der Waals surface area contributed by atoms with Crippen molar-refractivity contribution < 1.29 is 15.0 Å². The van der Waals surface area contributed by atoms with Gasteiger partial charge in [-0.15, -0.1) is 0 Å². The molecule has 2 atom stereocenters. The maximum absolute atomic E-state index is 10.5. The molecular weight excluding hydrogens is 176 g/mol. The molecule has 1 aliphatic rings. The standard InChI is InChI=1S/C8H14O3S/c1-8(11,7(9)10)5-6-3-2-4-12-6/h6,11H,2-5H2,1H3,(H,9,10). The molecule has 1 aliphatic heterocycles. The summed E-state index contributed by atoms with van der Waals surface area (Å²) in [6, 6.07) is 0. The van der Waals surface area contributed by atoms with Crippen LogP contribution in [0.4, 0.5) is 0 Å². The van der Waals surface area contributed by atoms with E-state index in [1.165, 1.54) is 6.92 Å². The highest BCUT2D eigenvalue weighted by Gasteiger charge is 2.34. The molecule has 2 N–H and O–H groups in total. The minimum absolute atomic E-state index is 0.330. The molecule has 12 heavy (non-hydrogen) atoms. The zero-order chi connectivity index (χ0) is 9.19. The maximum Gasteiger partial charge on any atom is 0.335 e. The lowest BCUT2D eigenvalue weighted by Gasteiger charge is -2.20. The second-order valence-corrected chi connectivity index (χ2v) is 4.83. The molecule has 0 spiro atoms. The summed E-state index contributed by atoms with van der Waals surface area (Å²) in [5.41, 5.74) is -1.54. The molecule has 0 aliphatic carbocycles. The van der Waals surface area contributed by atoms with Crippen molar-refractivity contribution >= 4 is 17.7 Å². The Morgan fingerprint density at radius 2 is 2.42 bits per heavy atom. The van der Waals surface area contributed by atoms with Crippen LogP contribution >= 0.6 is 11.8 Å². The van der Waals surface area contributed by atoms with Crippen molar-refractivity contribution in [2.24, 2.45) is 0 Å². The monoisotopic (exact) mass is 190 g/mol. The van der Waals surface area contributed by atoms with E-state index in [1.54, 1.807) is 11.8 Å². The summed E-state index contributed by atoms with van der Waals surface area (Å²) < 4.78 is 0. The summed E-state index contributed by atoms with van der Waals surface area (Å²) in [5, 5.41) is 18.4. The zero-order valence-corrected chi connectivity index (χ0v) is 7.93. The van der Waals surface area contributed by atoms with Crippen molar-refractivity contribution in [3.05, 3.63) is 0 Å². The number of rotatable bonds is 3. The van der Waals surface area contributed by atoms with Crippen molar-refractivity contribution in [2.75, 3.05) is 5.75 Å². The predicted molar refractivity (Wildman–Crippen MR) is 48.4 cm³/mol. The number of carboxylic acid groups (broad SMARTS) is 1. The molecule has 0 aromatic heterocycles. The third-order valence-corrected chi connectivity index (χ3v) is 3.51. The fourth-order valence-electron chi connectivity index (χ4n) is 1.34. The van der Waals surface area contributed by atoms with Crippen molar-refractivity contribution in [3.8, 4) is 0 Å². The van der Waals surface area contributed by atoms with E-state index in [0.717, 1.165) is 18.6 Å². The largest absolute Gasteiger partial charge is 0.479 e. The van der Waals surface area contributed by atoms with Crippen molar-refractivity contribution in [1.82, 2.24) is 0 Å². The van der Waals surface area contributed by atoms with Crippen LogP contribution in [0, 0.1) is 0 Å². The van der Waals surface area contributed by atoms with E-state index < -0.39 is 11.6 Å². The second-order valence-electron chi connectivity index (χ2n) is 3.42. The van der Waals surface area contributed by atoms with Crippen molar-refractivity contribution in [3.63, 3.8) is 0 Å². The first-order valence-electron chi connectivity index (χ1n) is 4.10. The summed E-state index contributed by atoms with van der Waals surface area (Å²) in [6.07, 6.45) is 2.55. The van der Waals surface area contributed by atoms with Crippen LogP contribution in [0.25, 0.3) is 0 Å². The molecular formula is C8H14O3S. The Hall–Kier alpha value is -0.220. The molecule has 3 nitrogen and oxygen atoms in total. The van der Waals surface area contributed by atoms with Crippen LogP contribution in [-0.4, -0.2) is 32.8 Å². The molecule has 2 unspecified atom stereocenters. The molecule has 0 saturated carbocycles. The Bertz CT molecular complexity index is 173. The van der Waals surface area contributed by atoms with Gasteiger partial charge in [0.2, 0.25) is 0 Å². The quantitative estimate of drug-likeness (QED) is 0.700. The van der Waals surface area contributed by atoms with Crippen LogP contribution in [0.1, 0.15) is 26.2 Å². The molecule has 1 rings (SSSR count).